The SMILES string of the molecule is COc1cccc(/C=C/c2nc3cc(-c4ccccc4)ccc3o2)c1OC(F)F. The minimum atomic E-state index is -2.96. The molecule has 1 aromatic heterocycles. The summed E-state index contributed by atoms with van der Waals surface area (Å²) < 4.78 is 41.0. The average Bonchev–Trinajstić information content (AvgIpc) is 3.15. The third-order valence-electron chi connectivity index (χ3n) is 4.35. The Bertz CT molecular complexity index is 1150. The third-order valence-corrected chi connectivity index (χ3v) is 4.35. The number of rotatable bonds is 6. The van der Waals surface area contributed by atoms with Crippen LogP contribution < -0.4 is 9.47 Å². The number of oxazole rings is 1. The molecule has 0 radical (unpaired) electrons. The van der Waals surface area contributed by atoms with Crippen LogP contribution in [0.4, 0.5) is 8.78 Å². The molecular weight excluding hydrogens is 376 g/mol. The molecule has 0 bridgehead atoms. The fraction of sp³-hybridized carbons (Fsp3) is 0.0870. The van der Waals surface area contributed by atoms with Crippen LogP contribution in [0.15, 0.2) is 71.1 Å². The number of benzene rings is 3. The Labute approximate surface area is 166 Å². The van der Waals surface area contributed by atoms with E-state index in [1.807, 2.05) is 48.5 Å². The number of nitrogens with zero attached hydrogens (tertiary/aromatic N) is 1. The van der Waals surface area contributed by atoms with Gasteiger partial charge in [-0.15, -0.1) is 0 Å². The topological polar surface area (TPSA) is 44.5 Å². The first kappa shape index (κ1) is 18.7. The molecular formula is C23H17F2NO3. The Morgan fingerprint density at radius 1 is 0.931 bits per heavy atom. The number of fused-ring (bicyclic) bond motifs is 1. The van der Waals surface area contributed by atoms with Crippen LogP contribution in [0.25, 0.3) is 34.4 Å². The van der Waals surface area contributed by atoms with E-state index in [-0.39, 0.29) is 11.5 Å². The first-order valence-electron chi connectivity index (χ1n) is 8.90. The van der Waals surface area contributed by atoms with Gasteiger partial charge >= 0.3 is 6.61 Å². The molecule has 0 spiro atoms. The Morgan fingerprint density at radius 3 is 2.52 bits per heavy atom. The molecule has 4 rings (SSSR count). The van der Waals surface area contributed by atoms with Gasteiger partial charge in [0.05, 0.1) is 7.11 Å². The van der Waals surface area contributed by atoms with E-state index < -0.39 is 6.61 Å². The van der Waals surface area contributed by atoms with Crippen molar-refractivity contribution in [3.8, 4) is 22.6 Å². The van der Waals surface area contributed by atoms with Gasteiger partial charge in [-0.25, -0.2) is 4.98 Å². The molecule has 0 unspecified atom stereocenters. The molecule has 0 aliphatic carbocycles. The molecule has 0 aliphatic rings. The zero-order valence-electron chi connectivity index (χ0n) is 15.5. The van der Waals surface area contributed by atoms with E-state index in [1.54, 1.807) is 30.4 Å². The Kier molecular flexibility index (Phi) is 5.24. The van der Waals surface area contributed by atoms with E-state index in [1.165, 1.54) is 7.11 Å². The smallest absolute Gasteiger partial charge is 0.387 e. The van der Waals surface area contributed by atoms with Crippen molar-refractivity contribution in [1.29, 1.82) is 0 Å². The van der Waals surface area contributed by atoms with Crippen molar-refractivity contribution in [3.05, 3.63) is 78.2 Å². The highest BCUT2D eigenvalue weighted by Crippen LogP contribution is 2.34. The van der Waals surface area contributed by atoms with E-state index in [9.17, 15) is 8.78 Å². The molecule has 4 nitrogen and oxygen atoms in total. The highest BCUT2D eigenvalue weighted by molar-refractivity contribution is 5.82. The molecule has 0 amide bonds. The van der Waals surface area contributed by atoms with E-state index in [0.717, 1.165) is 11.1 Å². The van der Waals surface area contributed by atoms with Gasteiger partial charge in [0.25, 0.3) is 0 Å². The summed E-state index contributed by atoms with van der Waals surface area (Å²) in [5, 5.41) is 0. The van der Waals surface area contributed by atoms with Crippen molar-refractivity contribution in [1.82, 2.24) is 4.98 Å². The van der Waals surface area contributed by atoms with Gasteiger partial charge < -0.3 is 13.9 Å². The standard InChI is InChI=1S/C23H17F2NO3/c1-27-20-9-5-8-16(22(20)29-23(24)25)11-13-21-26-18-14-17(10-12-19(18)28-21)15-6-3-2-4-7-15/h2-14,23H,1H3/b13-11+. The number of halogens is 2. The zero-order chi connectivity index (χ0) is 20.2. The second-order valence-electron chi connectivity index (χ2n) is 6.19. The van der Waals surface area contributed by atoms with E-state index in [0.29, 0.717) is 22.6 Å². The lowest BCUT2D eigenvalue weighted by atomic mass is 10.1. The normalized spacial score (nSPS) is 11.4. The predicted molar refractivity (Wildman–Crippen MR) is 108 cm³/mol. The summed E-state index contributed by atoms with van der Waals surface area (Å²) in [6.45, 7) is -2.96. The lowest BCUT2D eigenvalue weighted by Gasteiger charge is -2.12. The molecule has 0 saturated carbocycles. The Balaban J connectivity index is 1.65. The lowest BCUT2D eigenvalue weighted by molar-refractivity contribution is -0.0513. The summed E-state index contributed by atoms with van der Waals surface area (Å²) >= 11 is 0. The maximum Gasteiger partial charge on any atom is 0.387 e. The van der Waals surface area contributed by atoms with Crippen LogP contribution in [0.3, 0.4) is 0 Å². The maximum absolute atomic E-state index is 12.8. The van der Waals surface area contributed by atoms with E-state index in [2.05, 4.69) is 9.72 Å². The number of aromatic nitrogens is 1. The Morgan fingerprint density at radius 2 is 1.76 bits per heavy atom. The summed E-state index contributed by atoms with van der Waals surface area (Å²) in [6.07, 6.45) is 3.21. The second-order valence-corrected chi connectivity index (χ2v) is 6.19. The highest BCUT2D eigenvalue weighted by Gasteiger charge is 2.14. The number of ether oxygens (including phenoxy) is 2. The molecule has 3 aromatic carbocycles. The third kappa shape index (κ3) is 4.11. The minimum Gasteiger partial charge on any atom is -0.493 e. The molecule has 4 aromatic rings. The van der Waals surface area contributed by atoms with Gasteiger partial charge in [0.15, 0.2) is 17.1 Å². The van der Waals surface area contributed by atoms with E-state index in [4.69, 9.17) is 9.15 Å². The van der Waals surface area contributed by atoms with Crippen molar-refractivity contribution in [2.75, 3.05) is 7.11 Å². The van der Waals surface area contributed by atoms with Crippen LogP contribution in [0.2, 0.25) is 0 Å². The summed E-state index contributed by atoms with van der Waals surface area (Å²) in [5.74, 6) is 0.539. The summed E-state index contributed by atoms with van der Waals surface area (Å²) in [6, 6.07) is 20.6. The molecule has 0 N–H and O–H groups in total. The second kappa shape index (κ2) is 8.14. The first-order chi connectivity index (χ1) is 14.1. The van der Waals surface area contributed by atoms with Crippen LogP contribution in [0.5, 0.6) is 11.5 Å². The first-order valence-corrected chi connectivity index (χ1v) is 8.90. The molecule has 146 valence electrons. The summed E-state index contributed by atoms with van der Waals surface area (Å²) in [5.41, 5.74) is 3.89. The van der Waals surface area contributed by atoms with Gasteiger partial charge in [0, 0.05) is 11.6 Å². The van der Waals surface area contributed by atoms with Crippen molar-refractivity contribution in [2.24, 2.45) is 0 Å². The van der Waals surface area contributed by atoms with Gasteiger partial charge in [-0.1, -0.05) is 48.5 Å². The quantitative estimate of drug-likeness (QED) is 0.387. The fourth-order valence-corrected chi connectivity index (χ4v) is 3.03. The molecule has 29 heavy (non-hydrogen) atoms. The molecule has 0 saturated heterocycles. The number of para-hydroxylation sites is 1. The van der Waals surface area contributed by atoms with Crippen LogP contribution in [-0.4, -0.2) is 18.7 Å². The monoisotopic (exact) mass is 393 g/mol. The largest absolute Gasteiger partial charge is 0.493 e. The highest BCUT2D eigenvalue weighted by atomic mass is 19.3. The van der Waals surface area contributed by atoms with Crippen LogP contribution >= 0.6 is 0 Å². The van der Waals surface area contributed by atoms with Gasteiger partial charge in [0.2, 0.25) is 5.89 Å². The number of methoxy groups -OCH3 is 1. The van der Waals surface area contributed by atoms with Crippen molar-refractivity contribution < 1.29 is 22.7 Å². The fourth-order valence-electron chi connectivity index (χ4n) is 3.03. The lowest BCUT2D eigenvalue weighted by Crippen LogP contribution is -2.04. The van der Waals surface area contributed by atoms with Crippen molar-refractivity contribution in [3.63, 3.8) is 0 Å². The average molecular weight is 393 g/mol. The maximum atomic E-state index is 12.8. The number of hydrogen-bond acceptors (Lipinski definition) is 4. The van der Waals surface area contributed by atoms with Gasteiger partial charge in [-0.2, -0.15) is 8.78 Å². The van der Waals surface area contributed by atoms with Crippen LogP contribution in [0.1, 0.15) is 11.5 Å². The van der Waals surface area contributed by atoms with E-state index >= 15 is 0 Å². The van der Waals surface area contributed by atoms with Crippen LogP contribution in [0, 0.1) is 0 Å². The molecule has 0 fully saturated rings. The number of alkyl halides is 2. The van der Waals surface area contributed by atoms with Crippen molar-refractivity contribution in [2.45, 2.75) is 6.61 Å². The zero-order valence-corrected chi connectivity index (χ0v) is 15.5. The molecule has 0 aliphatic heterocycles. The van der Waals surface area contributed by atoms with Crippen molar-refractivity contribution >= 4 is 23.3 Å². The molecule has 0 atom stereocenters. The Hall–Kier alpha value is -3.67. The van der Waals surface area contributed by atoms with Crippen LogP contribution in [-0.2, 0) is 0 Å². The van der Waals surface area contributed by atoms with Gasteiger partial charge in [0.1, 0.15) is 5.52 Å². The predicted octanol–water partition coefficient (Wildman–Crippen LogP) is 6.28. The summed E-state index contributed by atoms with van der Waals surface area (Å²) in [7, 11) is 1.40. The number of hydrogen-bond donors (Lipinski definition) is 0. The molecule has 6 heteroatoms. The minimum absolute atomic E-state index is 0.0382. The van der Waals surface area contributed by atoms with Gasteiger partial charge in [-0.3, -0.25) is 0 Å². The molecule has 1 heterocycles. The summed E-state index contributed by atoms with van der Waals surface area (Å²) in [4.78, 5) is 4.47. The van der Waals surface area contributed by atoms with Gasteiger partial charge in [-0.05, 0) is 35.4 Å².